The Morgan fingerprint density at radius 3 is 2.68 bits per heavy atom. The first kappa shape index (κ1) is 19.5. The molecule has 0 aromatic heterocycles. The van der Waals surface area contributed by atoms with Crippen LogP contribution in [0.2, 0.25) is 0 Å². The van der Waals surface area contributed by atoms with Gasteiger partial charge in [-0.15, -0.1) is 24.0 Å². The summed E-state index contributed by atoms with van der Waals surface area (Å²) in [5, 5.41) is 6.77. The summed E-state index contributed by atoms with van der Waals surface area (Å²) in [5.41, 5.74) is 0. The van der Waals surface area contributed by atoms with Crippen LogP contribution in [0.4, 0.5) is 0 Å². The SMILES string of the molecule is CCNC(=NCCC(CC)N1CCCC1=O)NC1CC1C.I. The van der Waals surface area contributed by atoms with Gasteiger partial charge in [-0.2, -0.15) is 0 Å². The molecule has 0 aromatic rings. The number of nitrogens with one attached hydrogen (secondary N) is 2. The van der Waals surface area contributed by atoms with Crippen molar-refractivity contribution in [3.05, 3.63) is 0 Å². The highest BCUT2D eigenvalue weighted by Crippen LogP contribution is 2.28. The van der Waals surface area contributed by atoms with Gasteiger partial charge in [0.05, 0.1) is 0 Å². The van der Waals surface area contributed by atoms with Gasteiger partial charge in [0.25, 0.3) is 0 Å². The number of carbonyl (C=O) groups excluding carboxylic acids is 1. The largest absolute Gasteiger partial charge is 0.357 e. The molecule has 1 aliphatic carbocycles. The van der Waals surface area contributed by atoms with Crippen molar-refractivity contribution >= 4 is 35.8 Å². The molecular formula is C16H31IN4O. The maximum absolute atomic E-state index is 11.8. The minimum atomic E-state index is 0. The molecule has 128 valence electrons. The van der Waals surface area contributed by atoms with E-state index in [0.717, 1.165) is 57.2 Å². The van der Waals surface area contributed by atoms with Crippen LogP contribution in [0.1, 0.15) is 52.9 Å². The molecule has 5 nitrogen and oxygen atoms in total. The van der Waals surface area contributed by atoms with Crippen molar-refractivity contribution in [3.8, 4) is 0 Å². The smallest absolute Gasteiger partial charge is 0.222 e. The third kappa shape index (κ3) is 5.59. The number of nitrogens with zero attached hydrogens (tertiary/aromatic N) is 2. The number of hydrogen-bond acceptors (Lipinski definition) is 2. The standard InChI is InChI=1S/C16H30N4O.HI/c1-4-13(20-10-6-7-15(20)21)8-9-18-16(17-5-2)19-14-11-12(14)3;/h12-14H,4-11H2,1-3H3,(H2,17,18,19);1H. The molecule has 6 heteroatoms. The topological polar surface area (TPSA) is 56.7 Å². The van der Waals surface area contributed by atoms with Crippen LogP contribution in [-0.2, 0) is 4.79 Å². The number of aliphatic imine (C=N–C) groups is 1. The minimum absolute atomic E-state index is 0. The van der Waals surface area contributed by atoms with Crippen LogP contribution in [0.5, 0.6) is 0 Å². The van der Waals surface area contributed by atoms with Gasteiger partial charge in [-0.1, -0.05) is 13.8 Å². The second-order valence-electron chi connectivity index (χ2n) is 6.27. The van der Waals surface area contributed by atoms with E-state index < -0.39 is 0 Å². The van der Waals surface area contributed by atoms with Crippen LogP contribution in [0.25, 0.3) is 0 Å². The van der Waals surface area contributed by atoms with E-state index in [9.17, 15) is 4.79 Å². The van der Waals surface area contributed by atoms with Crippen molar-refractivity contribution in [1.29, 1.82) is 0 Å². The maximum Gasteiger partial charge on any atom is 0.222 e. The summed E-state index contributed by atoms with van der Waals surface area (Å²) in [6, 6.07) is 0.941. The second-order valence-corrected chi connectivity index (χ2v) is 6.27. The molecule has 2 aliphatic rings. The molecule has 3 unspecified atom stereocenters. The van der Waals surface area contributed by atoms with Gasteiger partial charge in [-0.25, -0.2) is 0 Å². The Balaban J connectivity index is 0.00000242. The number of hydrogen-bond donors (Lipinski definition) is 2. The zero-order valence-corrected chi connectivity index (χ0v) is 16.4. The summed E-state index contributed by atoms with van der Waals surface area (Å²) in [6.07, 6.45) is 4.96. The van der Waals surface area contributed by atoms with E-state index >= 15 is 0 Å². The van der Waals surface area contributed by atoms with E-state index in [1.165, 1.54) is 6.42 Å². The summed E-state index contributed by atoms with van der Waals surface area (Å²) < 4.78 is 0. The zero-order valence-electron chi connectivity index (χ0n) is 14.1. The number of halogens is 1. The number of guanidine groups is 1. The summed E-state index contributed by atoms with van der Waals surface area (Å²) >= 11 is 0. The van der Waals surface area contributed by atoms with Crippen molar-refractivity contribution in [1.82, 2.24) is 15.5 Å². The molecular weight excluding hydrogens is 391 g/mol. The molecule has 1 saturated carbocycles. The van der Waals surface area contributed by atoms with Crippen molar-refractivity contribution < 1.29 is 4.79 Å². The van der Waals surface area contributed by atoms with Gasteiger partial charge < -0.3 is 15.5 Å². The van der Waals surface area contributed by atoms with Crippen LogP contribution in [0.15, 0.2) is 4.99 Å². The average Bonchev–Trinajstić information content (AvgIpc) is 2.98. The molecule has 0 spiro atoms. The van der Waals surface area contributed by atoms with E-state index in [2.05, 4.69) is 41.3 Å². The normalized spacial score (nSPS) is 25.7. The Kier molecular flexibility index (Phi) is 8.49. The molecule has 3 atom stereocenters. The Morgan fingerprint density at radius 1 is 1.45 bits per heavy atom. The predicted octanol–water partition coefficient (Wildman–Crippen LogP) is 2.36. The highest BCUT2D eigenvalue weighted by Gasteiger charge is 2.33. The Morgan fingerprint density at radius 2 is 2.18 bits per heavy atom. The van der Waals surface area contributed by atoms with E-state index in [1.54, 1.807) is 0 Å². The summed E-state index contributed by atoms with van der Waals surface area (Å²) in [4.78, 5) is 18.6. The second kappa shape index (κ2) is 9.57. The monoisotopic (exact) mass is 422 g/mol. The minimum Gasteiger partial charge on any atom is -0.357 e. The third-order valence-electron chi connectivity index (χ3n) is 4.53. The number of carbonyl (C=O) groups is 1. The lowest BCUT2D eigenvalue weighted by Gasteiger charge is -2.26. The predicted molar refractivity (Wildman–Crippen MR) is 102 cm³/mol. The van der Waals surface area contributed by atoms with Crippen LogP contribution in [0.3, 0.4) is 0 Å². The van der Waals surface area contributed by atoms with Crippen LogP contribution < -0.4 is 10.6 Å². The Hall–Kier alpha value is -0.530. The fraction of sp³-hybridized carbons (Fsp3) is 0.875. The first-order valence-electron chi connectivity index (χ1n) is 8.50. The van der Waals surface area contributed by atoms with E-state index in [0.29, 0.717) is 18.0 Å². The molecule has 0 radical (unpaired) electrons. The molecule has 1 heterocycles. The van der Waals surface area contributed by atoms with Crippen molar-refractivity contribution in [2.75, 3.05) is 19.6 Å². The zero-order chi connectivity index (χ0) is 15.2. The lowest BCUT2D eigenvalue weighted by molar-refractivity contribution is -0.129. The molecule has 2 fully saturated rings. The van der Waals surface area contributed by atoms with Gasteiger partial charge >= 0.3 is 0 Å². The van der Waals surface area contributed by atoms with E-state index in [1.807, 2.05) is 0 Å². The first-order valence-corrected chi connectivity index (χ1v) is 8.50. The molecule has 22 heavy (non-hydrogen) atoms. The van der Waals surface area contributed by atoms with Crippen molar-refractivity contribution in [2.45, 2.75) is 65.0 Å². The van der Waals surface area contributed by atoms with Gasteiger partial charge in [-0.05, 0) is 38.5 Å². The van der Waals surface area contributed by atoms with E-state index in [-0.39, 0.29) is 24.0 Å². The Bertz CT molecular complexity index is 388. The van der Waals surface area contributed by atoms with Gasteiger partial charge in [0.1, 0.15) is 0 Å². The van der Waals surface area contributed by atoms with Gasteiger partial charge in [0.2, 0.25) is 5.91 Å². The van der Waals surface area contributed by atoms with Gasteiger partial charge in [0.15, 0.2) is 5.96 Å². The lowest BCUT2D eigenvalue weighted by Crippen LogP contribution is -2.40. The van der Waals surface area contributed by atoms with Gasteiger partial charge in [-0.3, -0.25) is 9.79 Å². The highest BCUT2D eigenvalue weighted by atomic mass is 127. The van der Waals surface area contributed by atoms with Crippen LogP contribution in [-0.4, -0.2) is 48.5 Å². The lowest BCUT2D eigenvalue weighted by atomic mass is 10.1. The van der Waals surface area contributed by atoms with Crippen molar-refractivity contribution in [2.24, 2.45) is 10.9 Å². The first-order chi connectivity index (χ1) is 10.2. The molecule has 0 bridgehead atoms. The average molecular weight is 422 g/mol. The Labute approximate surface area is 151 Å². The molecule has 2 rings (SSSR count). The molecule has 1 saturated heterocycles. The number of rotatable bonds is 7. The van der Waals surface area contributed by atoms with E-state index in [4.69, 9.17) is 0 Å². The number of likely N-dealkylation sites (tertiary alicyclic amines) is 1. The quantitative estimate of drug-likeness (QED) is 0.376. The fourth-order valence-electron chi connectivity index (χ4n) is 2.98. The molecule has 1 amide bonds. The molecule has 0 aromatic carbocycles. The van der Waals surface area contributed by atoms with Crippen LogP contribution in [0, 0.1) is 5.92 Å². The third-order valence-corrected chi connectivity index (χ3v) is 4.53. The summed E-state index contributed by atoms with van der Waals surface area (Å²) in [6.45, 7) is 9.10. The fourth-order valence-corrected chi connectivity index (χ4v) is 2.98. The number of amides is 1. The molecule has 2 N–H and O–H groups in total. The van der Waals surface area contributed by atoms with Gasteiger partial charge in [0, 0.05) is 38.1 Å². The molecule has 1 aliphatic heterocycles. The summed E-state index contributed by atoms with van der Waals surface area (Å²) in [5.74, 6) is 2.01. The van der Waals surface area contributed by atoms with Crippen molar-refractivity contribution in [3.63, 3.8) is 0 Å². The highest BCUT2D eigenvalue weighted by molar-refractivity contribution is 14.0. The maximum atomic E-state index is 11.8. The summed E-state index contributed by atoms with van der Waals surface area (Å²) in [7, 11) is 0. The van der Waals surface area contributed by atoms with Crippen LogP contribution >= 0.6 is 24.0 Å².